The first kappa shape index (κ1) is 14.3. The lowest BCUT2D eigenvalue weighted by Gasteiger charge is -2.34. The number of nitrogens with one attached hydrogen (secondary N) is 1. The van der Waals surface area contributed by atoms with Crippen LogP contribution in [0, 0.1) is 6.92 Å². The molecule has 0 radical (unpaired) electrons. The zero-order valence-electron chi connectivity index (χ0n) is 13.0. The molecule has 2 aromatic rings. The van der Waals surface area contributed by atoms with Crippen LogP contribution >= 0.6 is 0 Å². The summed E-state index contributed by atoms with van der Waals surface area (Å²) in [6, 6.07) is 8.66. The highest BCUT2D eigenvalue weighted by atomic mass is 16.1. The first-order valence-corrected chi connectivity index (χ1v) is 8.05. The molecule has 0 bridgehead atoms. The highest BCUT2D eigenvalue weighted by Crippen LogP contribution is 2.24. The summed E-state index contributed by atoms with van der Waals surface area (Å²) in [6.45, 7) is 5.85. The van der Waals surface area contributed by atoms with Gasteiger partial charge in [0.1, 0.15) is 0 Å². The van der Waals surface area contributed by atoms with Crippen molar-refractivity contribution in [1.29, 1.82) is 0 Å². The van der Waals surface area contributed by atoms with Gasteiger partial charge in [-0.2, -0.15) is 0 Å². The molecule has 1 aromatic carbocycles. The van der Waals surface area contributed by atoms with Gasteiger partial charge in [0.05, 0.1) is 6.54 Å². The van der Waals surface area contributed by atoms with Crippen LogP contribution in [-0.4, -0.2) is 34.8 Å². The average molecular weight is 284 g/mol. The molecule has 1 aromatic heterocycles. The van der Waals surface area contributed by atoms with Crippen molar-refractivity contribution >= 4 is 16.7 Å². The number of hydrogen-bond donors (Lipinski definition) is 1. The number of rotatable bonds is 4. The van der Waals surface area contributed by atoms with Crippen LogP contribution in [-0.2, 0) is 0 Å². The Labute approximate surface area is 126 Å². The van der Waals surface area contributed by atoms with Crippen molar-refractivity contribution in [3.8, 4) is 0 Å². The van der Waals surface area contributed by atoms with Crippen LogP contribution in [0.3, 0.4) is 0 Å². The first-order chi connectivity index (χ1) is 10.2. The molecule has 1 N–H and O–H groups in total. The molecule has 1 saturated heterocycles. The summed E-state index contributed by atoms with van der Waals surface area (Å²) in [7, 11) is 0. The maximum absolute atomic E-state index is 12.8. The number of aryl methyl sites for hydroxylation is 1. The molecule has 1 aliphatic heterocycles. The van der Waals surface area contributed by atoms with Gasteiger partial charge in [0.2, 0.25) is 0 Å². The number of H-pyrrole nitrogens is 1. The fraction of sp³-hybridized carbons (Fsp3) is 0.500. The van der Waals surface area contributed by atoms with Crippen LogP contribution in [0.5, 0.6) is 0 Å². The minimum absolute atomic E-state index is 0.255. The van der Waals surface area contributed by atoms with E-state index in [-0.39, 0.29) is 5.78 Å². The lowest BCUT2D eigenvalue weighted by atomic mass is 9.98. The molecule has 0 saturated carbocycles. The maximum Gasteiger partial charge on any atom is 0.179 e. The molecule has 1 fully saturated rings. The van der Waals surface area contributed by atoms with E-state index in [1.165, 1.54) is 19.3 Å². The number of ketones is 1. The number of hydrogen-bond acceptors (Lipinski definition) is 2. The maximum atomic E-state index is 12.8. The van der Waals surface area contributed by atoms with Crippen LogP contribution in [0.2, 0.25) is 0 Å². The molecule has 112 valence electrons. The van der Waals surface area contributed by atoms with Gasteiger partial charge in [0.25, 0.3) is 0 Å². The third-order valence-electron chi connectivity index (χ3n) is 4.74. The van der Waals surface area contributed by atoms with Gasteiger partial charge in [-0.3, -0.25) is 9.69 Å². The number of nitrogens with zero attached hydrogens (tertiary/aromatic N) is 1. The molecule has 21 heavy (non-hydrogen) atoms. The normalized spacial score (nSPS) is 20.0. The molecule has 0 unspecified atom stereocenters. The van der Waals surface area contributed by atoms with E-state index < -0.39 is 0 Å². The van der Waals surface area contributed by atoms with Gasteiger partial charge in [-0.05, 0) is 38.8 Å². The molecule has 0 aliphatic carbocycles. The van der Waals surface area contributed by atoms with E-state index in [1.54, 1.807) is 0 Å². The van der Waals surface area contributed by atoms with Crippen LogP contribution in [0.25, 0.3) is 10.9 Å². The Morgan fingerprint density at radius 1 is 1.33 bits per heavy atom. The monoisotopic (exact) mass is 284 g/mol. The average Bonchev–Trinajstić information content (AvgIpc) is 2.83. The summed E-state index contributed by atoms with van der Waals surface area (Å²) in [5, 5.41) is 1.06. The zero-order chi connectivity index (χ0) is 14.8. The number of piperidine rings is 1. The molecule has 2 heterocycles. The van der Waals surface area contributed by atoms with Crippen molar-refractivity contribution < 1.29 is 4.79 Å². The number of Topliss-reactive ketones (excluding diaryl/α,β-unsaturated/α-hetero) is 1. The predicted octanol–water partition coefficient (Wildman–Crippen LogP) is 3.92. The van der Waals surface area contributed by atoms with Crippen molar-refractivity contribution in [1.82, 2.24) is 9.88 Å². The smallest absolute Gasteiger partial charge is 0.179 e. The van der Waals surface area contributed by atoms with E-state index >= 15 is 0 Å². The number of para-hydroxylation sites is 1. The lowest BCUT2D eigenvalue weighted by molar-refractivity contribution is 0.0839. The zero-order valence-corrected chi connectivity index (χ0v) is 13.0. The minimum Gasteiger partial charge on any atom is -0.358 e. The second-order valence-electron chi connectivity index (χ2n) is 6.12. The Morgan fingerprint density at radius 2 is 2.14 bits per heavy atom. The van der Waals surface area contributed by atoms with Crippen LogP contribution < -0.4 is 0 Å². The Hall–Kier alpha value is -1.61. The number of fused-ring (bicyclic) bond motifs is 1. The first-order valence-electron chi connectivity index (χ1n) is 8.05. The number of carbonyl (C=O) groups excluding carboxylic acids is 1. The van der Waals surface area contributed by atoms with Gasteiger partial charge in [0.15, 0.2) is 5.78 Å². The van der Waals surface area contributed by atoms with Crippen LogP contribution in [0.15, 0.2) is 24.3 Å². The third kappa shape index (κ3) is 2.75. The molecule has 3 nitrogen and oxygen atoms in total. The predicted molar refractivity (Wildman–Crippen MR) is 86.9 cm³/mol. The molecule has 0 amide bonds. The lowest BCUT2D eigenvalue weighted by Crippen LogP contribution is -2.42. The number of aromatic nitrogens is 1. The van der Waals surface area contributed by atoms with E-state index in [2.05, 4.69) is 16.8 Å². The minimum atomic E-state index is 0.255. The van der Waals surface area contributed by atoms with E-state index in [0.29, 0.717) is 12.6 Å². The van der Waals surface area contributed by atoms with Gasteiger partial charge in [-0.1, -0.05) is 31.5 Å². The summed E-state index contributed by atoms with van der Waals surface area (Å²) in [5.41, 5.74) is 2.93. The standard InChI is InChI=1S/C18H24N2O/c1-3-14-8-6-7-11-20(14)12-17(21)18-13(2)19-16-10-5-4-9-15(16)18/h4-5,9-10,14,19H,3,6-8,11-12H2,1-2H3/t14-/m0/s1. The largest absolute Gasteiger partial charge is 0.358 e. The van der Waals surface area contributed by atoms with Crippen molar-refractivity contribution in [3.63, 3.8) is 0 Å². The number of aromatic amines is 1. The van der Waals surface area contributed by atoms with E-state index in [1.807, 2.05) is 31.2 Å². The summed E-state index contributed by atoms with van der Waals surface area (Å²) in [5.74, 6) is 0.255. The Kier molecular flexibility index (Phi) is 4.11. The van der Waals surface area contributed by atoms with Gasteiger partial charge in [-0.25, -0.2) is 0 Å². The van der Waals surface area contributed by atoms with Gasteiger partial charge in [-0.15, -0.1) is 0 Å². The topological polar surface area (TPSA) is 36.1 Å². The van der Waals surface area contributed by atoms with Crippen LogP contribution in [0.4, 0.5) is 0 Å². The summed E-state index contributed by atoms with van der Waals surface area (Å²) < 4.78 is 0. The number of carbonyl (C=O) groups is 1. The summed E-state index contributed by atoms with van der Waals surface area (Å²) >= 11 is 0. The molecule has 1 atom stereocenters. The van der Waals surface area contributed by atoms with E-state index in [9.17, 15) is 4.79 Å². The quantitative estimate of drug-likeness (QED) is 0.864. The summed E-state index contributed by atoms with van der Waals surface area (Å²) in [6.07, 6.45) is 4.89. The van der Waals surface area contributed by atoms with Crippen molar-refractivity contribution in [3.05, 3.63) is 35.5 Å². The second-order valence-corrected chi connectivity index (χ2v) is 6.12. The number of likely N-dealkylation sites (tertiary alicyclic amines) is 1. The SMILES string of the molecule is CC[C@H]1CCCCN1CC(=O)c1c(C)[nH]c2ccccc12. The van der Waals surface area contributed by atoms with Crippen molar-refractivity contribution in [2.24, 2.45) is 0 Å². The Bertz CT molecular complexity index is 644. The third-order valence-corrected chi connectivity index (χ3v) is 4.74. The van der Waals surface area contributed by atoms with Gasteiger partial charge in [0, 0.05) is 28.2 Å². The van der Waals surface area contributed by atoms with Crippen LogP contribution in [0.1, 0.15) is 48.7 Å². The molecule has 1 aliphatic rings. The molecule has 0 spiro atoms. The van der Waals surface area contributed by atoms with Crippen molar-refractivity contribution in [2.75, 3.05) is 13.1 Å². The van der Waals surface area contributed by atoms with E-state index in [4.69, 9.17) is 0 Å². The Balaban J connectivity index is 1.85. The molecular formula is C18H24N2O. The van der Waals surface area contributed by atoms with Gasteiger partial charge < -0.3 is 4.98 Å². The fourth-order valence-corrected chi connectivity index (χ4v) is 3.63. The molecule has 3 heteroatoms. The van der Waals surface area contributed by atoms with Crippen molar-refractivity contribution in [2.45, 2.75) is 45.6 Å². The molecular weight excluding hydrogens is 260 g/mol. The summed E-state index contributed by atoms with van der Waals surface area (Å²) in [4.78, 5) is 18.5. The molecule has 3 rings (SSSR count). The Morgan fingerprint density at radius 3 is 2.95 bits per heavy atom. The second kappa shape index (κ2) is 6.02. The highest BCUT2D eigenvalue weighted by Gasteiger charge is 2.25. The fourth-order valence-electron chi connectivity index (χ4n) is 3.63. The number of benzene rings is 1. The highest BCUT2D eigenvalue weighted by molar-refractivity contribution is 6.10. The van der Waals surface area contributed by atoms with Gasteiger partial charge >= 0.3 is 0 Å². The van der Waals surface area contributed by atoms with E-state index in [0.717, 1.165) is 35.1 Å².